The first kappa shape index (κ1) is 25.8. The summed E-state index contributed by atoms with van der Waals surface area (Å²) in [7, 11) is 1.93. The Morgan fingerprint density at radius 1 is 1.11 bits per heavy atom. The molecule has 1 saturated heterocycles. The number of carboxylic acids is 1. The molecule has 0 unspecified atom stereocenters. The molecule has 0 radical (unpaired) electrons. The van der Waals surface area contributed by atoms with Gasteiger partial charge in [-0.3, -0.25) is 9.48 Å². The van der Waals surface area contributed by atoms with E-state index in [1.165, 1.54) is 13.8 Å². The van der Waals surface area contributed by atoms with Crippen LogP contribution in [0.1, 0.15) is 45.1 Å². The van der Waals surface area contributed by atoms with Gasteiger partial charge in [-0.05, 0) is 68.9 Å². The predicted octanol–water partition coefficient (Wildman–Crippen LogP) is 4.74. The summed E-state index contributed by atoms with van der Waals surface area (Å²) in [4.78, 5) is 29.6. The van der Waals surface area contributed by atoms with Crippen LogP contribution in [0.3, 0.4) is 0 Å². The van der Waals surface area contributed by atoms with Gasteiger partial charge in [0.2, 0.25) is 5.91 Å². The van der Waals surface area contributed by atoms with Crippen LogP contribution in [0.2, 0.25) is 0 Å². The summed E-state index contributed by atoms with van der Waals surface area (Å²) in [5.41, 5.74) is 2.94. The molecule has 0 bridgehead atoms. The SMILES string of the molecule is Cn1nccc1-c1ccc(CN(C(=O)[C@H]2CCCN(c3cccc(OC(C)(C)C(=O)O)c3)C2)C2CC2)cc1. The zero-order valence-corrected chi connectivity index (χ0v) is 22.3. The van der Waals surface area contributed by atoms with Gasteiger partial charge >= 0.3 is 5.97 Å². The van der Waals surface area contributed by atoms with E-state index in [0.717, 1.165) is 54.7 Å². The molecule has 1 aromatic heterocycles. The zero-order chi connectivity index (χ0) is 26.9. The maximum absolute atomic E-state index is 13.8. The number of aromatic nitrogens is 2. The van der Waals surface area contributed by atoms with Crippen LogP contribution >= 0.6 is 0 Å². The quantitative estimate of drug-likeness (QED) is 0.442. The number of carbonyl (C=O) groups excluding carboxylic acids is 1. The van der Waals surface area contributed by atoms with Gasteiger partial charge < -0.3 is 19.6 Å². The predicted molar refractivity (Wildman–Crippen MR) is 146 cm³/mol. The molecule has 38 heavy (non-hydrogen) atoms. The van der Waals surface area contributed by atoms with E-state index in [9.17, 15) is 14.7 Å². The molecule has 1 aliphatic heterocycles. The molecular weight excluding hydrogens is 480 g/mol. The largest absolute Gasteiger partial charge is 0.478 e. The summed E-state index contributed by atoms with van der Waals surface area (Å²) in [5, 5.41) is 13.7. The van der Waals surface area contributed by atoms with Crippen molar-refractivity contribution < 1.29 is 19.4 Å². The Hall–Kier alpha value is -3.81. The second-order valence-corrected chi connectivity index (χ2v) is 10.9. The van der Waals surface area contributed by atoms with Gasteiger partial charge in [-0.15, -0.1) is 0 Å². The molecule has 1 N–H and O–H groups in total. The van der Waals surface area contributed by atoms with Crippen molar-refractivity contribution in [1.29, 1.82) is 0 Å². The number of aliphatic carboxylic acids is 1. The van der Waals surface area contributed by atoms with E-state index in [1.54, 1.807) is 12.3 Å². The molecule has 1 aliphatic carbocycles. The van der Waals surface area contributed by atoms with E-state index in [0.29, 0.717) is 24.9 Å². The summed E-state index contributed by atoms with van der Waals surface area (Å²) < 4.78 is 7.61. The fraction of sp³-hybridized carbons (Fsp3) is 0.433. The standard InChI is InChI=1S/C30H36N4O4/c1-30(2,29(36)37)38-26-8-4-7-25(18-26)33-17-5-6-23(20-33)28(35)34(24-13-14-24)19-21-9-11-22(12-10-21)27-15-16-31-32(27)3/h4,7-12,15-16,18,23-24H,5-6,13-14,17,19-20H2,1-3H3,(H,36,37)/t23-/m0/s1. The summed E-state index contributed by atoms with van der Waals surface area (Å²) in [6.45, 7) is 5.20. The van der Waals surface area contributed by atoms with Gasteiger partial charge in [-0.1, -0.05) is 30.3 Å². The lowest BCUT2D eigenvalue weighted by Crippen LogP contribution is -2.45. The molecule has 1 amide bonds. The molecule has 3 aromatic rings. The number of carboxylic acid groups (broad SMARTS) is 1. The third kappa shape index (κ3) is 5.69. The van der Waals surface area contributed by atoms with E-state index in [2.05, 4.69) is 39.2 Å². The van der Waals surface area contributed by atoms with Gasteiger partial charge in [0.15, 0.2) is 5.60 Å². The maximum Gasteiger partial charge on any atom is 0.347 e. The Labute approximate surface area is 223 Å². The number of hydrogen-bond acceptors (Lipinski definition) is 5. The first-order valence-electron chi connectivity index (χ1n) is 13.4. The molecule has 1 saturated carbocycles. The lowest BCUT2D eigenvalue weighted by molar-refractivity contribution is -0.152. The highest BCUT2D eigenvalue weighted by Gasteiger charge is 2.37. The van der Waals surface area contributed by atoms with Crippen molar-refractivity contribution in [1.82, 2.24) is 14.7 Å². The smallest absolute Gasteiger partial charge is 0.347 e. The Bertz CT molecular complexity index is 1300. The number of benzene rings is 2. The molecule has 2 fully saturated rings. The molecule has 2 aromatic carbocycles. The van der Waals surface area contributed by atoms with Crippen molar-refractivity contribution in [2.24, 2.45) is 13.0 Å². The van der Waals surface area contributed by atoms with Gasteiger partial charge in [-0.2, -0.15) is 5.10 Å². The van der Waals surface area contributed by atoms with Gasteiger partial charge in [0.25, 0.3) is 0 Å². The number of nitrogens with zero attached hydrogens (tertiary/aromatic N) is 4. The first-order chi connectivity index (χ1) is 18.2. The van der Waals surface area contributed by atoms with Crippen molar-refractivity contribution in [3.63, 3.8) is 0 Å². The lowest BCUT2D eigenvalue weighted by atomic mass is 9.95. The minimum absolute atomic E-state index is 0.0712. The Morgan fingerprint density at radius 2 is 1.87 bits per heavy atom. The van der Waals surface area contributed by atoms with Gasteiger partial charge in [-0.25, -0.2) is 4.79 Å². The number of anilines is 1. The third-order valence-corrected chi connectivity index (χ3v) is 7.54. The minimum Gasteiger partial charge on any atom is -0.478 e. The van der Waals surface area contributed by atoms with Crippen LogP contribution in [0.5, 0.6) is 5.75 Å². The Kier molecular flexibility index (Phi) is 7.15. The van der Waals surface area contributed by atoms with E-state index in [1.807, 2.05) is 36.0 Å². The van der Waals surface area contributed by atoms with Crippen LogP contribution in [0.25, 0.3) is 11.3 Å². The molecule has 2 heterocycles. The van der Waals surface area contributed by atoms with Gasteiger partial charge in [0, 0.05) is 50.7 Å². The third-order valence-electron chi connectivity index (χ3n) is 7.54. The number of hydrogen-bond donors (Lipinski definition) is 1. The fourth-order valence-corrected chi connectivity index (χ4v) is 5.14. The first-order valence-corrected chi connectivity index (χ1v) is 13.4. The summed E-state index contributed by atoms with van der Waals surface area (Å²) in [6, 6.07) is 18.3. The van der Waals surface area contributed by atoms with Crippen LogP contribution < -0.4 is 9.64 Å². The van der Waals surface area contributed by atoms with Gasteiger partial charge in [0.1, 0.15) is 5.75 Å². The van der Waals surface area contributed by atoms with Crippen molar-refractivity contribution in [2.45, 2.75) is 57.7 Å². The molecule has 200 valence electrons. The van der Waals surface area contributed by atoms with Crippen molar-refractivity contribution in [2.75, 3.05) is 18.0 Å². The molecule has 8 heteroatoms. The van der Waals surface area contributed by atoms with Crippen molar-refractivity contribution in [3.05, 3.63) is 66.4 Å². The monoisotopic (exact) mass is 516 g/mol. The Morgan fingerprint density at radius 3 is 2.53 bits per heavy atom. The van der Waals surface area contributed by atoms with Crippen LogP contribution in [-0.4, -0.2) is 56.4 Å². The normalized spacial score (nSPS) is 17.8. The molecule has 2 aliphatic rings. The number of piperidine rings is 1. The number of rotatable bonds is 9. The van der Waals surface area contributed by atoms with Crippen LogP contribution in [0, 0.1) is 5.92 Å². The highest BCUT2D eigenvalue weighted by molar-refractivity contribution is 5.80. The van der Waals surface area contributed by atoms with E-state index < -0.39 is 11.6 Å². The van der Waals surface area contributed by atoms with Crippen LogP contribution in [0.4, 0.5) is 5.69 Å². The average molecular weight is 517 g/mol. The summed E-state index contributed by atoms with van der Waals surface area (Å²) >= 11 is 0. The molecule has 0 spiro atoms. The number of carbonyl (C=O) groups is 2. The van der Waals surface area contributed by atoms with Crippen molar-refractivity contribution in [3.8, 4) is 17.0 Å². The highest BCUT2D eigenvalue weighted by atomic mass is 16.5. The van der Waals surface area contributed by atoms with E-state index in [4.69, 9.17) is 4.74 Å². The molecule has 1 atom stereocenters. The molecular formula is C30H36N4O4. The minimum atomic E-state index is -1.32. The van der Waals surface area contributed by atoms with E-state index >= 15 is 0 Å². The molecule has 5 rings (SSSR count). The summed E-state index contributed by atoms with van der Waals surface area (Å²) in [6.07, 6.45) is 5.73. The van der Waals surface area contributed by atoms with Gasteiger partial charge in [0.05, 0.1) is 11.6 Å². The molecule has 8 nitrogen and oxygen atoms in total. The van der Waals surface area contributed by atoms with Crippen LogP contribution in [0.15, 0.2) is 60.8 Å². The maximum atomic E-state index is 13.8. The number of ether oxygens (including phenoxy) is 1. The number of amides is 1. The zero-order valence-electron chi connectivity index (χ0n) is 22.3. The van der Waals surface area contributed by atoms with E-state index in [-0.39, 0.29) is 11.8 Å². The second-order valence-electron chi connectivity index (χ2n) is 10.9. The summed E-state index contributed by atoms with van der Waals surface area (Å²) in [5.74, 6) is -0.346. The van der Waals surface area contributed by atoms with Crippen LogP contribution in [-0.2, 0) is 23.2 Å². The second kappa shape index (κ2) is 10.5. The fourth-order valence-electron chi connectivity index (χ4n) is 5.14. The average Bonchev–Trinajstić information content (AvgIpc) is 3.67. The van der Waals surface area contributed by atoms with Crippen molar-refractivity contribution >= 4 is 17.6 Å². The lowest BCUT2D eigenvalue weighted by Gasteiger charge is -2.36. The topological polar surface area (TPSA) is 87.9 Å². The highest BCUT2D eigenvalue weighted by Crippen LogP contribution is 2.33. The number of aryl methyl sites for hydroxylation is 1. The Balaban J connectivity index is 1.26.